The lowest BCUT2D eigenvalue weighted by atomic mass is 10.4. The van der Waals surface area contributed by atoms with Crippen molar-refractivity contribution in [2.75, 3.05) is 7.11 Å². The standard InChI is InChI=1S/C6H6Cl2N2O/c1-11-10-5-2-4(7)3-9-6(5)8/h2-3,10H,1H3/p+1. The van der Waals surface area contributed by atoms with E-state index in [1.807, 2.05) is 0 Å². The summed E-state index contributed by atoms with van der Waals surface area (Å²) in [4.78, 5) is 8.58. The summed E-state index contributed by atoms with van der Waals surface area (Å²) < 4.78 is 0. The van der Waals surface area contributed by atoms with Crippen molar-refractivity contribution in [3.63, 3.8) is 0 Å². The summed E-state index contributed by atoms with van der Waals surface area (Å²) in [6, 6.07) is 1.68. The predicted molar refractivity (Wildman–Crippen MR) is 42.9 cm³/mol. The molecule has 3 nitrogen and oxygen atoms in total. The highest BCUT2D eigenvalue weighted by Gasteiger charge is 2.05. The third-order valence-electron chi connectivity index (χ3n) is 1.08. The van der Waals surface area contributed by atoms with Gasteiger partial charge in [-0.15, -0.1) is 0 Å². The molecule has 1 aromatic heterocycles. The van der Waals surface area contributed by atoms with Gasteiger partial charge in [0.25, 0.3) is 0 Å². The Labute approximate surface area is 74.2 Å². The average molecular weight is 194 g/mol. The Bertz CT molecular complexity index is 254. The minimum absolute atomic E-state index is 0.385. The monoisotopic (exact) mass is 193 g/mol. The molecule has 0 saturated carbocycles. The van der Waals surface area contributed by atoms with Crippen molar-refractivity contribution in [3.05, 3.63) is 22.4 Å². The number of nitrogens with two attached hydrogens (primary N) is 1. The summed E-state index contributed by atoms with van der Waals surface area (Å²) in [5.74, 6) is 0. The van der Waals surface area contributed by atoms with Gasteiger partial charge in [0, 0.05) is 12.3 Å². The molecule has 0 aliphatic heterocycles. The molecule has 0 fully saturated rings. The number of hydrogen-bond donors (Lipinski definition) is 1. The molecule has 2 N–H and O–H groups in total. The lowest BCUT2D eigenvalue weighted by Crippen LogP contribution is -2.76. The van der Waals surface area contributed by atoms with Crippen LogP contribution in [0.1, 0.15) is 0 Å². The number of pyridine rings is 1. The summed E-state index contributed by atoms with van der Waals surface area (Å²) in [5.41, 5.74) is 2.17. The molecule has 5 heteroatoms. The maximum atomic E-state index is 5.69. The Kier molecular flexibility index (Phi) is 3.08. The first kappa shape index (κ1) is 8.74. The molecule has 0 aliphatic rings. The molecule has 0 spiro atoms. The van der Waals surface area contributed by atoms with E-state index in [0.29, 0.717) is 15.9 Å². The van der Waals surface area contributed by atoms with E-state index in [1.54, 1.807) is 6.07 Å². The van der Waals surface area contributed by atoms with Gasteiger partial charge in [-0.05, 0) is 0 Å². The van der Waals surface area contributed by atoms with Crippen molar-refractivity contribution in [1.29, 1.82) is 0 Å². The minimum atomic E-state index is 0.385. The molecule has 11 heavy (non-hydrogen) atoms. The second-order valence-corrected chi connectivity index (χ2v) is 2.68. The van der Waals surface area contributed by atoms with Crippen LogP contribution in [0.4, 0.5) is 5.69 Å². The summed E-state index contributed by atoms with van der Waals surface area (Å²) in [6.45, 7) is 0. The third kappa shape index (κ3) is 2.31. The first-order chi connectivity index (χ1) is 5.24. The van der Waals surface area contributed by atoms with Gasteiger partial charge in [0.15, 0.2) is 5.15 Å². The van der Waals surface area contributed by atoms with Crippen LogP contribution in [0.3, 0.4) is 0 Å². The van der Waals surface area contributed by atoms with E-state index >= 15 is 0 Å². The summed E-state index contributed by atoms with van der Waals surface area (Å²) in [7, 11) is 1.54. The van der Waals surface area contributed by atoms with E-state index in [4.69, 9.17) is 28.0 Å². The van der Waals surface area contributed by atoms with Crippen molar-refractivity contribution < 1.29 is 10.3 Å². The SMILES string of the molecule is CO[NH2+]c1cc(Cl)cnc1Cl. The largest absolute Gasteiger partial charge is 0.237 e. The molecule has 0 bridgehead atoms. The van der Waals surface area contributed by atoms with Crippen LogP contribution in [-0.2, 0) is 4.84 Å². The van der Waals surface area contributed by atoms with E-state index in [1.165, 1.54) is 18.8 Å². The Hall–Kier alpha value is -0.350. The van der Waals surface area contributed by atoms with Crippen LogP contribution in [-0.4, -0.2) is 12.1 Å². The van der Waals surface area contributed by atoms with Gasteiger partial charge in [0.2, 0.25) is 5.69 Å². The van der Waals surface area contributed by atoms with Crippen molar-refractivity contribution in [1.82, 2.24) is 4.98 Å². The average Bonchev–Trinajstić information content (AvgIpc) is 1.98. The number of aromatic nitrogens is 1. The van der Waals surface area contributed by atoms with Crippen LogP contribution in [0.5, 0.6) is 0 Å². The number of rotatable bonds is 2. The van der Waals surface area contributed by atoms with E-state index in [9.17, 15) is 0 Å². The molecule has 0 radical (unpaired) electrons. The highest BCUT2D eigenvalue weighted by atomic mass is 35.5. The summed E-state index contributed by atoms with van der Waals surface area (Å²) >= 11 is 11.3. The van der Waals surface area contributed by atoms with Gasteiger partial charge in [0.05, 0.1) is 12.1 Å². The number of quaternary nitrogens is 1. The highest BCUT2D eigenvalue weighted by molar-refractivity contribution is 6.33. The fraction of sp³-hybridized carbons (Fsp3) is 0.167. The highest BCUT2D eigenvalue weighted by Crippen LogP contribution is 2.17. The number of halogens is 2. The molecule has 0 amide bonds. The second-order valence-electron chi connectivity index (χ2n) is 1.89. The van der Waals surface area contributed by atoms with Crippen molar-refractivity contribution in [2.45, 2.75) is 0 Å². The third-order valence-corrected chi connectivity index (χ3v) is 1.60. The van der Waals surface area contributed by atoms with Gasteiger partial charge in [-0.3, -0.25) is 0 Å². The van der Waals surface area contributed by atoms with Gasteiger partial charge < -0.3 is 0 Å². The van der Waals surface area contributed by atoms with Crippen molar-refractivity contribution in [2.24, 2.45) is 0 Å². The molecule has 0 aromatic carbocycles. The second kappa shape index (κ2) is 3.88. The normalized spacial score (nSPS) is 10.1. The minimum Gasteiger partial charge on any atom is -0.237 e. The molecule has 0 unspecified atom stereocenters. The van der Waals surface area contributed by atoms with Crippen LogP contribution in [0.15, 0.2) is 12.3 Å². The summed E-state index contributed by atoms with van der Waals surface area (Å²) in [5, 5.41) is 0.925. The zero-order valence-corrected chi connectivity index (χ0v) is 7.36. The van der Waals surface area contributed by atoms with Gasteiger partial charge in [-0.1, -0.05) is 23.2 Å². The first-order valence-corrected chi connectivity index (χ1v) is 3.66. The van der Waals surface area contributed by atoms with Crippen molar-refractivity contribution in [3.8, 4) is 0 Å². The Morgan fingerprint density at radius 2 is 2.27 bits per heavy atom. The number of nitrogens with zero attached hydrogens (tertiary/aromatic N) is 1. The number of hydrogen-bond acceptors (Lipinski definition) is 2. The van der Waals surface area contributed by atoms with Gasteiger partial charge in [-0.25, -0.2) is 9.82 Å². The quantitative estimate of drug-likeness (QED) is 0.566. The lowest BCUT2D eigenvalue weighted by molar-refractivity contribution is -0.830. The molecule has 0 aliphatic carbocycles. The van der Waals surface area contributed by atoms with E-state index in [-0.39, 0.29) is 0 Å². The van der Waals surface area contributed by atoms with Crippen molar-refractivity contribution >= 4 is 28.9 Å². The molecule has 0 saturated heterocycles. The lowest BCUT2D eigenvalue weighted by Gasteiger charge is -1.97. The molecule has 1 heterocycles. The van der Waals surface area contributed by atoms with Crippen LogP contribution >= 0.6 is 23.2 Å². The van der Waals surface area contributed by atoms with Gasteiger partial charge in [0.1, 0.15) is 0 Å². The van der Waals surface area contributed by atoms with Crippen LogP contribution in [0.25, 0.3) is 0 Å². The molecular formula is C6H7Cl2N2O+. The smallest absolute Gasteiger partial charge is 0.201 e. The Morgan fingerprint density at radius 1 is 1.55 bits per heavy atom. The van der Waals surface area contributed by atoms with Crippen LogP contribution in [0, 0.1) is 0 Å². The van der Waals surface area contributed by atoms with Crippen LogP contribution in [0.2, 0.25) is 10.2 Å². The molecular weight excluding hydrogens is 187 g/mol. The Balaban J connectivity index is 2.93. The molecule has 60 valence electrons. The Morgan fingerprint density at radius 3 is 2.91 bits per heavy atom. The van der Waals surface area contributed by atoms with E-state index in [2.05, 4.69) is 4.98 Å². The fourth-order valence-corrected chi connectivity index (χ4v) is 0.962. The topological polar surface area (TPSA) is 38.7 Å². The van der Waals surface area contributed by atoms with E-state index < -0.39 is 0 Å². The maximum absolute atomic E-state index is 5.69. The predicted octanol–water partition coefficient (Wildman–Crippen LogP) is 1.14. The van der Waals surface area contributed by atoms with E-state index in [0.717, 1.165) is 0 Å². The maximum Gasteiger partial charge on any atom is 0.201 e. The van der Waals surface area contributed by atoms with Crippen LogP contribution < -0.4 is 5.48 Å². The van der Waals surface area contributed by atoms with Gasteiger partial charge in [-0.2, -0.15) is 5.48 Å². The first-order valence-electron chi connectivity index (χ1n) is 2.91. The fourth-order valence-electron chi connectivity index (χ4n) is 0.648. The zero-order chi connectivity index (χ0) is 8.27. The molecule has 0 atom stereocenters. The molecule has 1 aromatic rings. The molecule has 1 rings (SSSR count). The van der Waals surface area contributed by atoms with Gasteiger partial charge >= 0.3 is 0 Å². The summed E-state index contributed by atoms with van der Waals surface area (Å²) in [6.07, 6.45) is 1.48. The zero-order valence-electron chi connectivity index (χ0n) is 5.84.